The molecular weight excluding hydrogens is 350 g/mol. The SMILES string of the molecule is CCNc1cccc2c1-c1ccc(C)cc1C21c2ccccc2-c2ccccc21. The first kappa shape index (κ1) is 16.6. The Bertz CT molecular complexity index is 1240. The molecule has 1 spiro atoms. The van der Waals surface area contributed by atoms with Gasteiger partial charge in [0, 0.05) is 17.8 Å². The number of fused-ring (bicyclic) bond motifs is 10. The van der Waals surface area contributed by atoms with Crippen LogP contribution in [0, 0.1) is 6.92 Å². The normalized spacial score (nSPS) is 14.3. The van der Waals surface area contributed by atoms with Gasteiger partial charge in [0.2, 0.25) is 0 Å². The van der Waals surface area contributed by atoms with Crippen LogP contribution in [-0.4, -0.2) is 6.54 Å². The topological polar surface area (TPSA) is 12.0 Å². The number of rotatable bonds is 2. The Hall–Kier alpha value is -3.32. The third-order valence-electron chi connectivity index (χ3n) is 6.64. The molecule has 1 heteroatoms. The second-order valence-corrected chi connectivity index (χ2v) is 8.15. The molecule has 0 heterocycles. The molecule has 0 aliphatic heterocycles. The van der Waals surface area contributed by atoms with Gasteiger partial charge in [0.1, 0.15) is 0 Å². The molecule has 2 aliphatic carbocycles. The summed E-state index contributed by atoms with van der Waals surface area (Å²) >= 11 is 0. The molecule has 6 rings (SSSR count). The van der Waals surface area contributed by atoms with Gasteiger partial charge in [-0.05, 0) is 58.9 Å². The quantitative estimate of drug-likeness (QED) is 0.353. The Morgan fingerprint density at radius 1 is 0.655 bits per heavy atom. The molecule has 0 saturated heterocycles. The number of hydrogen-bond acceptors (Lipinski definition) is 1. The molecule has 1 N–H and O–H groups in total. The minimum atomic E-state index is -0.241. The molecule has 4 aromatic rings. The van der Waals surface area contributed by atoms with Crippen molar-refractivity contribution >= 4 is 5.69 Å². The van der Waals surface area contributed by atoms with Crippen LogP contribution >= 0.6 is 0 Å². The lowest BCUT2D eigenvalue weighted by molar-refractivity contribution is 0.792. The van der Waals surface area contributed by atoms with Gasteiger partial charge in [-0.2, -0.15) is 0 Å². The molecule has 0 amide bonds. The second kappa shape index (κ2) is 5.84. The van der Waals surface area contributed by atoms with Crippen LogP contribution in [0.25, 0.3) is 22.3 Å². The zero-order chi connectivity index (χ0) is 19.6. The van der Waals surface area contributed by atoms with E-state index in [0.29, 0.717) is 0 Å². The van der Waals surface area contributed by atoms with Crippen molar-refractivity contribution < 1.29 is 0 Å². The molecule has 29 heavy (non-hydrogen) atoms. The van der Waals surface area contributed by atoms with E-state index in [1.165, 1.54) is 55.8 Å². The zero-order valence-electron chi connectivity index (χ0n) is 16.8. The lowest BCUT2D eigenvalue weighted by Crippen LogP contribution is -2.26. The summed E-state index contributed by atoms with van der Waals surface area (Å²) in [7, 11) is 0. The average molecular weight is 373 g/mol. The van der Waals surface area contributed by atoms with Crippen LogP contribution in [0.5, 0.6) is 0 Å². The molecule has 2 aliphatic rings. The predicted molar refractivity (Wildman–Crippen MR) is 122 cm³/mol. The van der Waals surface area contributed by atoms with Crippen LogP contribution in [0.2, 0.25) is 0 Å². The molecule has 0 radical (unpaired) electrons. The van der Waals surface area contributed by atoms with Crippen molar-refractivity contribution in [2.45, 2.75) is 19.3 Å². The number of anilines is 1. The van der Waals surface area contributed by atoms with Crippen molar-refractivity contribution in [2.24, 2.45) is 0 Å². The van der Waals surface area contributed by atoms with Gasteiger partial charge in [-0.25, -0.2) is 0 Å². The van der Waals surface area contributed by atoms with E-state index in [4.69, 9.17) is 0 Å². The maximum Gasteiger partial charge on any atom is 0.0726 e. The highest BCUT2D eigenvalue weighted by Crippen LogP contribution is 2.63. The molecule has 0 fully saturated rings. The number of nitrogens with one attached hydrogen (secondary N) is 1. The fraction of sp³-hybridized carbons (Fsp3) is 0.143. The maximum atomic E-state index is 3.62. The summed E-state index contributed by atoms with van der Waals surface area (Å²) in [5, 5.41) is 3.62. The Morgan fingerprint density at radius 3 is 2.00 bits per heavy atom. The Labute approximate surface area is 172 Å². The van der Waals surface area contributed by atoms with Crippen molar-refractivity contribution in [3.05, 3.63) is 113 Å². The van der Waals surface area contributed by atoms with Gasteiger partial charge in [-0.3, -0.25) is 0 Å². The first-order valence-corrected chi connectivity index (χ1v) is 10.4. The lowest BCUT2D eigenvalue weighted by Gasteiger charge is -2.30. The fourth-order valence-corrected chi connectivity index (χ4v) is 5.64. The Balaban J connectivity index is 1.84. The van der Waals surface area contributed by atoms with Crippen molar-refractivity contribution in [1.29, 1.82) is 0 Å². The van der Waals surface area contributed by atoms with E-state index in [-0.39, 0.29) is 5.41 Å². The average Bonchev–Trinajstić information content (AvgIpc) is 3.21. The van der Waals surface area contributed by atoms with E-state index in [1.807, 2.05) is 0 Å². The van der Waals surface area contributed by atoms with Gasteiger partial charge < -0.3 is 5.32 Å². The van der Waals surface area contributed by atoms with E-state index < -0.39 is 0 Å². The summed E-state index contributed by atoms with van der Waals surface area (Å²) in [6, 6.07) is 31.7. The van der Waals surface area contributed by atoms with Crippen molar-refractivity contribution in [3.63, 3.8) is 0 Å². The van der Waals surface area contributed by atoms with Crippen LogP contribution in [0.4, 0.5) is 5.69 Å². The van der Waals surface area contributed by atoms with Gasteiger partial charge in [0.05, 0.1) is 5.41 Å². The van der Waals surface area contributed by atoms with Crippen LogP contribution < -0.4 is 5.32 Å². The molecule has 4 aromatic carbocycles. The molecular formula is C28H23N. The van der Waals surface area contributed by atoms with E-state index in [2.05, 4.69) is 104 Å². The Kier molecular flexibility index (Phi) is 3.35. The molecule has 0 bridgehead atoms. The van der Waals surface area contributed by atoms with Gasteiger partial charge >= 0.3 is 0 Å². The summed E-state index contributed by atoms with van der Waals surface area (Å²) in [6.07, 6.45) is 0. The minimum absolute atomic E-state index is 0.241. The fourth-order valence-electron chi connectivity index (χ4n) is 5.64. The van der Waals surface area contributed by atoms with Gasteiger partial charge in [-0.1, -0.05) is 84.4 Å². The van der Waals surface area contributed by atoms with Gasteiger partial charge in [0.25, 0.3) is 0 Å². The highest BCUT2D eigenvalue weighted by molar-refractivity contribution is 5.98. The molecule has 0 unspecified atom stereocenters. The van der Waals surface area contributed by atoms with E-state index in [0.717, 1.165) is 6.54 Å². The summed E-state index contributed by atoms with van der Waals surface area (Å²) in [6.45, 7) is 5.28. The third-order valence-corrected chi connectivity index (χ3v) is 6.64. The summed E-state index contributed by atoms with van der Waals surface area (Å²) < 4.78 is 0. The van der Waals surface area contributed by atoms with E-state index in [1.54, 1.807) is 0 Å². The highest BCUT2D eigenvalue weighted by atomic mass is 14.9. The van der Waals surface area contributed by atoms with Crippen LogP contribution in [-0.2, 0) is 5.41 Å². The van der Waals surface area contributed by atoms with Gasteiger partial charge in [-0.15, -0.1) is 0 Å². The minimum Gasteiger partial charge on any atom is -0.385 e. The first-order chi connectivity index (χ1) is 14.3. The standard InChI is InChI=1S/C28H23N/c1-3-29-26-14-8-13-24-27(26)21-16-15-18(2)17-25(21)28(24)22-11-6-4-9-19(22)20-10-5-7-12-23(20)28/h4-17,29H,3H2,1-2H3. The second-order valence-electron chi connectivity index (χ2n) is 8.15. The number of hydrogen-bond donors (Lipinski definition) is 1. The van der Waals surface area contributed by atoms with Gasteiger partial charge in [0.15, 0.2) is 0 Å². The van der Waals surface area contributed by atoms with Crippen molar-refractivity contribution in [3.8, 4) is 22.3 Å². The van der Waals surface area contributed by atoms with Crippen LogP contribution in [0.1, 0.15) is 34.7 Å². The van der Waals surface area contributed by atoms with Crippen molar-refractivity contribution in [1.82, 2.24) is 0 Å². The summed E-state index contributed by atoms with van der Waals surface area (Å²) in [5.41, 5.74) is 13.3. The maximum absolute atomic E-state index is 3.62. The van der Waals surface area contributed by atoms with Crippen LogP contribution in [0.15, 0.2) is 84.9 Å². The van der Waals surface area contributed by atoms with Crippen LogP contribution in [0.3, 0.4) is 0 Å². The highest BCUT2D eigenvalue weighted by Gasteiger charge is 2.51. The van der Waals surface area contributed by atoms with Crippen molar-refractivity contribution in [2.75, 3.05) is 11.9 Å². The summed E-state index contributed by atoms with van der Waals surface area (Å²) in [5.74, 6) is 0. The number of benzene rings is 4. The van der Waals surface area contributed by atoms with E-state index in [9.17, 15) is 0 Å². The predicted octanol–water partition coefficient (Wildman–Crippen LogP) is 6.77. The lowest BCUT2D eigenvalue weighted by atomic mass is 9.70. The summed E-state index contributed by atoms with van der Waals surface area (Å²) in [4.78, 5) is 0. The smallest absolute Gasteiger partial charge is 0.0726 e. The molecule has 0 saturated carbocycles. The molecule has 0 aromatic heterocycles. The third kappa shape index (κ3) is 1.95. The monoisotopic (exact) mass is 373 g/mol. The Morgan fingerprint density at radius 2 is 1.31 bits per heavy atom. The zero-order valence-corrected chi connectivity index (χ0v) is 16.8. The first-order valence-electron chi connectivity index (χ1n) is 10.4. The molecule has 0 atom stereocenters. The molecule has 140 valence electrons. The largest absolute Gasteiger partial charge is 0.385 e. The molecule has 1 nitrogen and oxygen atoms in total. The number of aryl methyl sites for hydroxylation is 1. The van der Waals surface area contributed by atoms with E-state index >= 15 is 0 Å².